The maximum Gasteiger partial charge on any atom is 0.275 e. The van der Waals surface area contributed by atoms with Crippen molar-refractivity contribution in [1.29, 1.82) is 0 Å². The van der Waals surface area contributed by atoms with Crippen LogP contribution in [0.1, 0.15) is 23.6 Å². The molecule has 24 heavy (non-hydrogen) atoms. The number of aryl methyl sites for hydroxylation is 1. The van der Waals surface area contributed by atoms with E-state index in [0.717, 1.165) is 23.3 Å². The maximum atomic E-state index is 12.2. The van der Waals surface area contributed by atoms with E-state index in [4.69, 9.17) is 16.3 Å². The third-order valence-electron chi connectivity index (χ3n) is 3.81. The minimum Gasteiger partial charge on any atom is -0.496 e. The highest BCUT2D eigenvalue weighted by molar-refractivity contribution is 6.35. The second-order valence-corrected chi connectivity index (χ2v) is 5.76. The van der Waals surface area contributed by atoms with E-state index in [1.54, 1.807) is 19.3 Å². The van der Waals surface area contributed by atoms with Gasteiger partial charge in [0.05, 0.1) is 12.1 Å². The fraction of sp³-hybridized carbons (Fsp3) is 0.158. The van der Waals surface area contributed by atoms with Crippen molar-refractivity contribution in [2.45, 2.75) is 13.3 Å². The van der Waals surface area contributed by atoms with Crippen LogP contribution in [0.5, 0.6) is 5.75 Å². The summed E-state index contributed by atoms with van der Waals surface area (Å²) in [5.74, 6) is 1.08. The first-order valence-electron chi connectivity index (χ1n) is 7.66. The Kier molecular flexibility index (Phi) is 4.67. The van der Waals surface area contributed by atoms with Crippen molar-refractivity contribution in [3.63, 3.8) is 0 Å². The van der Waals surface area contributed by atoms with E-state index < -0.39 is 0 Å². The molecule has 1 aliphatic heterocycles. The number of amidine groups is 1. The van der Waals surface area contributed by atoms with Crippen molar-refractivity contribution in [3.8, 4) is 5.75 Å². The van der Waals surface area contributed by atoms with Crippen LogP contribution >= 0.6 is 11.6 Å². The molecule has 2 aromatic rings. The highest BCUT2D eigenvalue weighted by atomic mass is 35.5. The predicted octanol–water partition coefficient (Wildman–Crippen LogP) is 3.83. The van der Waals surface area contributed by atoms with Crippen LogP contribution in [-0.2, 0) is 11.2 Å². The fourth-order valence-electron chi connectivity index (χ4n) is 2.57. The molecule has 0 spiro atoms. The smallest absolute Gasteiger partial charge is 0.275 e. The summed E-state index contributed by atoms with van der Waals surface area (Å²) in [6.07, 6.45) is 2.61. The Morgan fingerprint density at radius 2 is 2.04 bits per heavy atom. The van der Waals surface area contributed by atoms with E-state index in [0.29, 0.717) is 22.1 Å². The Morgan fingerprint density at radius 1 is 1.25 bits per heavy atom. The molecule has 3 rings (SSSR count). The molecule has 122 valence electrons. The van der Waals surface area contributed by atoms with Gasteiger partial charge in [-0.25, -0.2) is 4.99 Å². The number of rotatable bonds is 4. The Labute approximate surface area is 145 Å². The number of aliphatic imine (C=N–C) groups is 1. The van der Waals surface area contributed by atoms with Gasteiger partial charge in [-0.2, -0.15) is 0 Å². The number of halogens is 1. The lowest BCUT2D eigenvalue weighted by Gasteiger charge is -2.07. The van der Waals surface area contributed by atoms with Gasteiger partial charge in [-0.15, -0.1) is 0 Å². The zero-order chi connectivity index (χ0) is 17.1. The Hall–Kier alpha value is -2.59. The molecule has 0 atom stereocenters. The largest absolute Gasteiger partial charge is 0.496 e. The van der Waals surface area contributed by atoms with E-state index in [1.807, 2.05) is 36.4 Å². The van der Waals surface area contributed by atoms with Gasteiger partial charge in [-0.05, 0) is 47.9 Å². The lowest BCUT2D eigenvalue weighted by molar-refractivity contribution is -0.115. The van der Waals surface area contributed by atoms with Crippen molar-refractivity contribution in [2.75, 3.05) is 7.11 Å². The molecular formula is C19H17ClN2O2. The lowest BCUT2D eigenvalue weighted by Crippen LogP contribution is -2.24. The number of hydrogen-bond acceptors (Lipinski definition) is 3. The van der Waals surface area contributed by atoms with Crippen LogP contribution < -0.4 is 10.1 Å². The minimum atomic E-state index is -0.237. The summed E-state index contributed by atoms with van der Waals surface area (Å²) in [4.78, 5) is 16.6. The first-order chi connectivity index (χ1) is 11.6. The zero-order valence-corrected chi connectivity index (χ0v) is 14.2. The number of methoxy groups -OCH3 is 1. The van der Waals surface area contributed by atoms with E-state index in [2.05, 4.69) is 17.2 Å². The van der Waals surface area contributed by atoms with Crippen LogP contribution in [0.2, 0.25) is 5.02 Å². The predicted molar refractivity (Wildman–Crippen MR) is 96.5 cm³/mol. The van der Waals surface area contributed by atoms with Crippen LogP contribution in [0.25, 0.3) is 6.08 Å². The van der Waals surface area contributed by atoms with Gasteiger partial charge in [0.2, 0.25) is 0 Å². The van der Waals surface area contributed by atoms with Crippen molar-refractivity contribution in [2.24, 2.45) is 4.99 Å². The molecule has 4 nitrogen and oxygen atoms in total. The van der Waals surface area contributed by atoms with Gasteiger partial charge in [0.15, 0.2) is 0 Å². The quantitative estimate of drug-likeness (QED) is 0.860. The molecule has 0 unspecified atom stereocenters. The van der Waals surface area contributed by atoms with Gasteiger partial charge < -0.3 is 10.1 Å². The first kappa shape index (κ1) is 16.3. The monoisotopic (exact) mass is 340 g/mol. The molecule has 2 aromatic carbocycles. The number of nitrogens with one attached hydrogen (secondary N) is 1. The third-order valence-corrected chi connectivity index (χ3v) is 4.14. The molecule has 0 bridgehead atoms. The molecule has 0 aliphatic carbocycles. The topological polar surface area (TPSA) is 50.7 Å². The summed E-state index contributed by atoms with van der Waals surface area (Å²) in [5.41, 5.74) is 3.06. The molecule has 0 radical (unpaired) electrons. The number of benzene rings is 2. The summed E-state index contributed by atoms with van der Waals surface area (Å²) >= 11 is 6.17. The molecular weight excluding hydrogens is 324 g/mol. The van der Waals surface area contributed by atoms with Gasteiger partial charge >= 0.3 is 0 Å². The average Bonchev–Trinajstić information content (AvgIpc) is 2.95. The highest BCUT2D eigenvalue weighted by Gasteiger charge is 2.22. The Morgan fingerprint density at radius 3 is 2.75 bits per heavy atom. The zero-order valence-electron chi connectivity index (χ0n) is 13.5. The number of carbonyl (C=O) groups excluding carboxylic acids is 1. The van der Waals surface area contributed by atoms with Crippen LogP contribution in [0.4, 0.5) is 0 Å². The summed E-state index contributed by atoms with van der Waals surface area (Å²) in [6.45, 7) is 2.06. The van der Waals surface area contributed by atoms with E-state index >= 15 is 0 Å². The second-order valence-electron chi connectivity index (χ2n) is 5.35. The van der Waals surface area contributed by atoms with Crippen LogP contribution in [-0.4, -0.2) is 18.9 Å². The van der Waals surface area contributed by atoms with Crippen LogP contribution in [0, 0.1) is 0 Å². The molecule has 1 N–H and O–H groups in total. The molecule has 1 amide bonds. The SMILES string of the molecule is CCc1cc(/C=C2/N=C(c3ccccc3Cl)NC2=O)ccc1OC. The molecule has 0 fully saturated rings. The molecule has 1 aliphatic rings. The molecule has 0 saturated carbocycles. The fourth-order valence-corrected chi connectivity index (χ4v) is 2.80. The lowest BCUT2D eigenvalue weighted by atomic mass is 10.1. The minimum absolute atomic E-state index is 0.237. The average molecular weight is 341 g/mol. The van der Waals surface area contributed by atoms with Gasteiger partial charge in [0, 0.05) is 5.56 Å². The standard InChI is InChI=1S/C19H17ClN2O2/c1-3-13-10-12(8-9-17(13)24-2)11-16-19(23)22-18(21-16)14-6-4-5-7-15(14)20/h4-11H,3H2,1-2H3,(H,21,22,23)/b16-11+. The number of carbonyl (C=O) groups is 1. The van der Waals surface area contributed by atoms with Gasteiger partial charge in [0.1, 0.15) is 17.3 Å². The van der Waals surface area contributed by atoms with Crippen molar-refractivity contribution in [1.82, 2.24) is 5.32 Å². The normalized spacial score (nSPS) is 15.4. The Bertz CT molecular complexity index is 856. The Balaban J connectivity index is 1.96. The highest BCUT2D eigenvalue weighted by Crippen LogP contribution is 2.24. The van der Waals surface area contributed by atoms with Gasteiger partial charge in [-0.3, -0.25) is 4.79 Å². The molecule has 0 aromatic heterocycles. The number of hydrogen-bond donors (Lipinski definition) is 1. The number of nitrogens with zero attached hydrogens (tertiary/aromatic N) is 1. The van der Waals surface area contributed by atoms with Crippen molar-refractivity contribution in [3.05, 3.63) is 69.9 Å². The summed E-state index contributed by atoms with van der Waals surface area (Å²) < 4.78 is 5.33. The molecule has 1 heterocycles. The molecule has 5 heteroatoms. The van der Waals surface area contributed by atoms with Crippen LogP contribution in [0.3, 0.4) is 0 Å². The first-order valence-corrected chi connectivity index (χ1v) is 8.03. The number of amides is 1. The summed E-state index contributed by atoms with van der Waals surface area (Å²) in [6, 6.07) is 13.1. The van der Waals surface area contributed by atoms with E-state index in [-0.39, 0.29) is 5.91 Å². The van der Waals surface area contributed by atoms with Crippen LogP contribution in [0.15, 0.2) is 53.2 Å². The molecule has 0 saturated heterocycles. The van der Waals surface area contributed by atoms with Crippen molar-refractivity contribution < 1.29 is 9.53 Å². The van der Waals surface area contributed by atoms with Gasteiger partial charge in [-0.1, -0.05) is 36.7 Å². The maximum absolute atomic E-state index is 12.2. The summed E-state index contributed by atoms with van der Waals surface area (Å²) in [7, 11) is 1.65. The van der Waals surface area contributed by atoms with E-state index in [9.17, 15) is 4.79 Å². The third kappa shape index (κ3) is 3.19. The van der Waals surface area contributed by atoms with Crippen molar-refractivity contribution >= 4 is 29.4 Å². The van der Waals surface area contributed by atoms with Gasteiger partial charge in [0.25, 0.3) is 5.91 Å². The number of ether oxygens (including phenoxy) is 1. The second kappa shape index (κ2) is 6.89. The van der Waals surface area contributed by atoms with E-state index in [1.165, 1.54) is 0 Å². The summed E-state index contributed by atoms with van der Waals surface area (Å²) in [5, 5.41) is 3.32.